The van der Waals surface area contributed by atoms with Gasteiger partial charge >= 0.3 is 6.18 Å². The average molecular weight is 283 g/mol. The molecule has 1 atom stereocenters. The molecule has 1 fully saturated rings. The SMILES string of the molecule is CSC1(CNC(C)CCCC(F)(F)F)CCCC1. The van der Waals surface area contributed by atoms with Gasteiger partial charge in [0, 0.05) is 23.8 Å². The number of halogens is 3. The van der Waals surface area contributed by atoms with Crippen LogP contribution in [-0.2, 0) is 0 Å². The Morgan fingerprint density at radius 2 is 1.89 bits per heavy atom. The maximum Gasteiger partial charge on any atom is 0.389 e. The monoisotopic (exact) mass is 283 g/mol. The molecule has 1 aliphatic carbocycles. The third-order valence-electron chi connectivity index (χ3n) is 3.82. The van der Waals surface area contributed by atoms with Gasteiger partial charge in [0.2, 0.25) is 0 Å². The molecule has 1 unspecified atom stereocenters. The van der Waals surface area contributed by atoms with Crippen LogP contribution in [0.25, 0.3) is 0 Å². The number of alkyl halides is 3. The van der Waals surface area contributed by atoms with Crippen molar-refractivity contribution in [2.24, 2.45) is 0 Å². The van der Waals surface area contributed by atoms with Crippen LogP contribution in [0.1, 0.15) is 51.9 Å². The van der Waals surface area contributed by atoms with Crippen LogP contribution < -0.4 is 5.32 Å². The lowest BCUT2D eigenvalue weighted by Crippen LogP contribution is -2.39. The van der Waals surface area contributed by atoms with Crippen molar-refractivity contribution < 1.29 is 13.2 Å². The predicted octanol–water partition coefficient (Wildman–Crippen LogP) is 4.37. The molecule has 18 heavy (non-hydrogen) atoms. The van der Waals surface area contributed by atoms with Crippen LogP contribution in [0.2, 0.25) is 0 Å². The van der Waals surface area contributed by atoms with Gasteiger partial charge in [0.25, 0.3) is 0 Å². The lowest BCUT2D eigenvalue weighted by Gasteiger charge is -2.29. The van der Waals surface area contributed by atoms with Crippen molar-refractivity contribution in [3.63, 3.8) is 0 Å². The van der Waals surface area contributed by atoms with E-state index in [1.165, 1.54) is 25.7 Å². The van der Waals surface area contributed by atoms with E-state index in [1.54, 1.807) is 0 Å². The van der Waals surface area contributed by atoms with E-state index >= 15 is 0 Å². The van der Waals surface area contributed by atoms with Gasteiger partial charge in [-0.25, -0.2) is 0 Å². The van der Waals surface area contributed by atoms with Gasteiger partial charge in [-0.15, -0.1) is 0 Å². The molecule has 0 heterocycles. The van der Waals surface area contributed by atoms with Crippen molar-refractivity contribution in [1.29, 1.82) is 0 Å². The first-order valence-corrected chi connectivity index (χ1v) is 7.95. The van der Waals surface area contributed by atoms with Crippen molar-refractivity contribution in [3.05, 3.63) is 0 Å². The van der Waals surface area contributed by atoms with E-state index in [1.807, 2.05) is 18.7 Å². The minimum Gasteiger partial charge on any atom is -0.313 e. The van der Waals surface area contributed by atoms with Gasteiger partial charge in [-0.2, -0.15) is 24.9 Å². The molecule has 0 saturated heterocycles. The van der Waals surface area contributed by atoms with Crippen LogP contribution in [0.5, 0.6) is 0 Å². The summed E-state index contributed by atoms with van der Waals surface area (Å²) < 4.78 is 36.4. The van der Waals surface area contributed by atoms with Gasteiger partial charge in [0.1, 0.15) is 0 Å². The van der Waals surface area contributed by atoms with E-state index in [0.717, 1.165) is 6.54 Å². The number of hydrogen-bond donors (Lipinski definition) is 1. The highest BCUT2D eigenvalue weighted by Gasteiger charge is 2.33. The average Bonchev–Trinajstić information content (AvgIpc) is 2.74. The Labute approximate surface area is 112 Å². The lowest BCUT2D eigenvalue weighted by atomic mass is 10.1. The molecule has 0 bridgehead atoms. The van der Waals surface area contributed by atoms with Crippen LogP contribution in [0.3, 0.4) is 0 Å². The molecule has 0 radical (unpaired) electrons. The second-order valence-corrected chi connectivity index (χ2v) is 6.66. The molecule has 1 saturated carbocycles. The Morgan fingerprint density at radius 1 is 1.28 bits per heavy atom. The summed E-state index contributed by atoms with van der Waals surface area (Å²) in [5.41, 5.74) is 0. The highest BCUT2D eigenvalue weighted by molar-refractivity contribution is 8.00. The van der Waals surface area contributed by atoms with Gasteiger partial charge < -0.3 is 5.32 Å². The zero-order chi connectivity index (χ0) is 13.6. The van der Waals surface area contributed by atoms with Crippen LogP contribution in [-0.4, -0.2) is 29.8 Å². The van der Waals surface area contributed by atoms with Gasteiger partial charge in [-0.1, -0.05) is 12.8 Å². The molecule has 0 aromatic heterocycles. The second kappa shape index (κ2) is 7.04. The largest absolute Gasteiger partial charge is 0.389 e. The van der Waals surface area contributed by atoms with Crippen LogP contribution in [0.15, 0.2) is 0 Å². The fraction of sp³-hybridized carbons (Fsp3) is 1.00. The maximum atomic E-state index is 12.0. The molecule has 0 amide bonds. The molecule has 0 spiro atoms. The molecule has 1 N–H and O–H groups in total. The molecule has 0 aliphatic heterocycles. The Morgan fingerprint density at radius 3 is 2.39 bits per heavy atom. The van der Waals surface area contributed by atoms with Gasteiger partial charge in [-0.05, 0) is 38.9 Å². The lowest BCUT2D eigenvalue weighted by molar-refractivity contribution is -0.135. The zero-order valence-electron chi connectivity index (χ0n) is 11.3. The molecule has 1 aliphatic rings. The topological polar surface area (TPSA) is 12.0 Å². The van der Waals surface area contributed by atoms with E-state index in [2.05, 4.69) is 11.6 Å². The standard InChI is InChI=1S/C13H24F3NS/c1-11(6-5-9-13(14,15)16)17-10-12(18-2)7-3-4-8-12/h11,17H,3-10H2,1-2H3. The summed E-state index contributed by atoms with van der Waals surface area (Å²) >= 11 is 1.91. The minimum absolute atomic E-state index is 0.178. The molecule has 1 nitrogen and oxygen atoms in total. The first-order chi connectivity index (χ1) is 8.37. The summed E-state index contributed by atoms with van der Waals surface area (Å²) in [6.07, 6.45) is 3.33. The Balaban J connectivity index is 2.18. The molecular weight excluding hydrogens is 259 g/mol. The van der Waals surface area contributed by atoms with Gasteiger partial charge in [0.15, 0.2) is 0 Å². The first-order valence-electron chi connectivity index (χ1n) is 6.72. The van der Waals surface area contributed by atoms with E-state index in [0.29, 0.717) is 11.2 Å². The molecular formula is C13H24F3NS. The number of rotatable bonds is 7. The quantitative estimate of drug-likeness (QED) is 0.744. The fourth-order valence-electron chi connectivity index (χ4n) is 2.54. The van der Waals surface area contributed by atoms with Crippen molar-refractivity contribution in [3.8, 4) is 0 Å². The fourth-order valence-corrected chi connectivity index (χ4v) is 3.47. The van der Waals surface area contributed by atoms with Crippen molar-refractivity contribution >= 4 is 11.8 Å². The van der Waals surface area contributed by atoms with Crippen LogP contribution in [0.4, 0.5) is 13.2 Å². The summed E-state index contributed by atoms with van der Waals surface area (Å²) in [4.78, 5) is 0. The van der Waals surface area contributed by atoms with E-state index in [9.17, 15) is 13.2 Å². The highest BCUT2D eigenvalue weighted by atomic mass is 32.2. The third kappa shape index (κ3) is 5.83. The maximum absolute atomic E-state index is 12.0. The zero-order valence-corrected chi connectivity index (χ0v) is 12.1. The molecule has 0 aromatic rings. The van der Waals surface area contributed by atoms with Crippen molar-refractivity contribution in [2.75, 3.05) is 12.8 Å². The Kier molecular flexibility index (Phi) is 6.31. The summed E-state index contributed by atoms with van der Waals surface area (Å²) in [7, 11) is 0. The van der Waals surface area contributed by atoms with Crippen LogP contribution >= 0.6 is 11.8 Å². The molecule has 108 valence electrons. The van der Waals surface area contributed by atoms with Crippen molar-refractivity contribution in [2.45, 2.75) is 68.8 Å². The van der Waals surface area contributed by atoms with Crippen molar-refractivity contribution in [1.82, 2.24) is 5.32 Å². The number of nitrogens with one attached hydrogen (secondary N) is 1. The Bertz CT molecular complexity index is 237. The van der Waals surface area contributed by atoms with Crippen LogP contribution in [0, 0.1) is 0 Å². The summed E-state index contributed by atoms with van der Waals surface area (Å²) in [5, 5.41) is 3.41. The Hall–Kier alpha value is 0.100. The number of thioether (sulfide) groups is 1. The highest BCUT2D eigenvalue weighted by Crippen LogP contribution is 2.39. The normalized spacial score (nSPS) is 21.2. The molecule has 0 aromatic carbocycles. The first kappa shape index (κ1) is 16.2. The van der Waals surface area contributed by atoms with E-state index in [4.69, 9.17) is 0 Å². The number of hydrogen-bond acceptors (Lipinski definition) is 2. The van der Waals surface area contributed by atoms with E-state index in [-0.39, 0.29) is 12.5 Å². The van der Waals surface area contributed by atoms with Gasteiger partial charge in [0.05, 0.1) is 0 Å². The summed E-state index contributed by atoms with van der Waals surface area (Å²) in [5.74, 6) is 0. The summed E-state index contributed by atoms with van der Waals surface area (Å²) in [6, 6.07) is 0.178. The second-order valence-electron chi connectivity index (χ2n) is 5.38. The van der Waals surface area contributed by atoms with E-state index < -0.39 is 12.6 Å². The molecule has 1 rings (SSSR count). The molecule has 5 heteroatoms. The minimum atomic E-state index is -4.01. The smallest absolute Gasteiger partial charge is 0.313 e. The predicted molar refractivity (Wildman–Crippen MR) is 72.1 cm³/mol. The third-order valence-corrected chi connectivity index (χ3v) is 5.24. The van der Waals surface area contributed by atoms with Gasteiger partial charge in [-0.3, -0.25) is 0 Å². The summed E-state index contributed by atoms with van der Waals surface area (Å²) in [6.45, 7) is 2.92.